The number of anilines is 1. The minimum Gasteiger partial charge on any atom is -0.342 e. The first-order chi connectivity index (χ1) is 12.7. The molecule has 7 heteroatoms. The Labute approximate surface area is 151 Å². The Balaban J connectivity index is 1.52. The van der Waals surface area contributed by atoms with Crippen molar-refractivity contribution < 1.29 is 14.4 Å². The molecule has 1 aromatic heterocycles. The maximum Gasteiger partial charge on any atom is 0.228 e. The van der Waals surface area contributed by atoms with Crippen molar-refractivity contribution in [3.05, 3.63) is 36.5 Å². The van der Waals surface area contributed by atoms with Gasteiger partial charge in [-0.05, 0) is 12.1 Å². The van der Waals surface area contributed by atoms with Crippen molar-refractivity contribution in [2.24, 2.45) is 5.92 Å². The first-order valence-electron chi connectivity index (χ1n) is 8.79. The molecule has 2 saturated heterocycles. The van der Waals surface area contributed by atoms with Gasteiger partial charge in [0.1, 0.15) is 0 Å². The first kappa shape index (κ1) is 16.5. The number of hydrogen-bond acceptors (Lipinski definition) is 4. The zero-order valence-electron chi connectivity index (χ0n) is 14.4. The van der Waals surface area contributed by atoms with E-state index in [0.29, 0.717) is 32.7 Å². The van der Waals surface area contributed by atoms with Crippen LogP contribution in [-0.4, -0.2) is 65.7 Å². The van der Waals surface area contributed by atoms with Crippen LogP contribution in [-0.2, 0) is 14.4 Å². The molecule has 0 aliphatic carbocycles. The summed E-state index contributed by atoms with van der Waals surface area (Å²) in [6, 6.07) is 9.57. The lowest BCUT2D eigenvalue weighted by molar-refractivity contribution is -0.139. The zero-order chi connectivity index (χ0) is 18.1. The predicted molar refractivity (Wildman–Crippen MR) is 96.4 cm³/mol. The second kappa shape index (κ2) is 6.74. The number of piperazine rings is 1. The van der Waals surface area contributed by atoms with E-state index in [4.69, 9.17) is 0 Å². The number of aromatic nitrogens is 1. The molecule has 7 nitrogen and oxygen atoms in total. The smallest absolute Gasteiger partial charge is 0.228 e. The molecule has 2 aromatic rings. The molecule has 1 atom stereocenters. The summed E-state index contributed by atoms with van der Waals surface area (Å²) in [5, 5.41) is 0.970. The zero-order valence-corrected chi connectivity index (χ0v) is 14.4. The first-order valence-corrected chi connectivity index (χ1v) is 8.79. The predicted octanol–water partition coefficient (Wildman–Crippen LogP) is 0.888. The standard InChI is InChI=1S/C19H20N4O3/c24-13-21-7-9-22(10-8-21)19(26)15-11-17(25)23(12-15)16-5-1-3-14-4-2-6-20-18(14)16/h1-6,13,15H,7-12H2. The summed E-state index contributed by atoms with van der Waals surface area (Å²) in [7, 11) is 0. The van der Waals surface area contributed by atoms with Crippen molar-refractivity contribution in [2.75, 3.05) is 37.6 Å². The summed E-state index contributed by atoms with van der Waals surface area (Å²) in [4.78, 5) is 45.7. The van der Waals surface area contributed by atoms with E-state index in [1.807, 2.05) is 30.3 Å². The molecule has 134 valence electrons. The van der Waals surface area contributed by atoms with Crippen molar-refractivity contribution in [3.63, 3.8) is 0 Å². The average molecular weight is 352 g/mol. The topological polar surface area (TPSA) is 73.8 Å². The number of fused-ring (bicyclic) bond motifs is 1. The Morgan fingerprint density at radius 1 is 1.12 bits per heavy atom. The summed E-state index contributed by atoms with van der Waals surface area (Å²) < 4.78 is 0. The molecule has 1 aromatic carbocycles. The molecule has 2 aliphatic heterocycles. The summed E-state index contributed by atoms with van der Waals surface area (Å²) in [6.45, 7) is 2.52. The molecule has 0 saturated carbocycles. The SMILES string of the molecule is O=CN1CCN(C(=O)C2CC(=O)N(c3cccc4cccnc34)C2)CC1. The lowest BCUT2D eigenvalue weighted by atomic mass is 10.1. The van der Waals surface area contributed by atoms with E-state index in [0.717, 1.165) is 23.0 Å². The number of pyridine rings is 1. The van der Waals surface area contributed by atoms with E-state index in [9.17, 15) is 14.4 Å². The van der Waals surface area contributed by atoms with Crippen molar-refractivity contribution in [3.8, 4) is 0 Å². The number of amides is 3. The van der Waals surface area contributed by atoms with Gasteiger partial charge in [0, 0.05) is 50.7 Å². The van der Waals surface area contributed by atoms with Gasteiger partial charge in [-0.2, -0.15) is 0 Å². The minimum absolute atomic E-state index is 0.000375. The van der Waals surface area contributed by atoms with Crippen LogP contribution in [0.3, 0.4) is 0 Å². The largest absolute Gasteiger partial charge is 0.342 e. The number of rotatable bonds is 3. The van der Waals surface area contributed by atoms with E-state index in [-0.39, 0.29) is 24.2 Å². The number of nitrogens with zero attached hydrogens (tertiary/aromatic N) is 4. The van der Waals surface area contributed by atoms with Crippen LogP contribution in [0.25, 0.3) is 10.9 Å². The average Bonchev–Trinajstić information content (AvgIpc) is 3.08. The number of carbonyl (C=O) groups excluding carboxylic acids is 3. The quantitative estimate of drug-likeness (QED) is 0.769. The molecular formula is C19H20N4O3. The fourth-order valence-electron chi connectivity index (χ4n) is 3.72. The number of hydrogen-bond donors (Lipinski definition) is 0. The molecule has 0 N–H and O–H groups in total. The number of benzene rings is 1. The molecule has 4 rings (SSSR count). The normalized spacial score (nSPS) is 20.7. The highest BCUT2D eigenvalue weighted by molar-refractivity contribution is 6.05. The van der Waals surface area contributed by atoms with Gasteiger partial charge in [-0.15, -0.1) is 0 Å². The lowest BCUT2D eigenvalue weighted by Crippen LogP contribution is -2.50. The second-order valence-corrected chi connectivity index (χ2v) is 6.72. The molecule has 26 heavy (non-hydrogen) atoms. The van der Waals surface area contributed by atoms with Gasteiger partial charge in [0.05, 0.1) is 17.1 Å². The van der Waals surface area contributed by atoms with Crippen LogP contribution in [0.5, 0.6) is 0 Å². The van der Waals surface area contributed by atoms with Crippen molar-refractivity contribution in [1.29, 1.82) is 0 Å². The minimum atomic E-state index is -0.343. The second-order valence-electron chi connectivity index (χ2n) is 6.72. The van der Waals surface area contributed by atoms with Crippen molar-refractivity contribution >= 4 is 34.8 Å². The fraction of sp³-hybridized carbons (Fsp3) is 0.368. The summed E-state index contributed by atoms with van der Waals surface area (Å²) in [6.07, 6.45) is 2.74. The third-order valence-corrected chi connectivity index (χ3v) is 5.15. The molecule has 3 amide bonds. The van der Waals surface area contributed by atoms with E-state index in [2.05, 4.69) is 4.98 Å². The van der Waals surface area contributed by atoms with E-state index < -0.39 is 0 Å². The highest BCUT2D eigenvalue weighted by Gasteiger charge is 2.38. The maximum absolute atomic E-state index is 12.8. The molecule has 2 fully saturated rings. The third-order valence-electron chi connectivity index (χ3n) is 5.15. The van der Waals surface area contributed by atoms with Crippen LogP contribution in [0.1, 0.15) is 6.42 Å². The van der Waals surface area contributed by atoms with Gasteiger partial charge in [-0.1, -0.05) is 18.2 Å². The Kier molecular flexibility index (Phi) is 4.28. The van der Waals surface area contributed by atoms with Gasteiger partial charge in [0.2, 0.25) is 18.2 Å². The maximum atomic E-state index is 12.8. The Morgan fingerprint density at radius 2 is 1.88 bits per heavy atom. The molecular weight excluding hydrogens is 332 g/mol. The van der Waals surface area contributed by atoms with Crippen LogP contribution < -0.4 is 4.90 Å². The van der Waals surface area contributed by atoms with Crippen LogP contribution in [0.4, 0.5) is 5.69 Å². The highest BCUT2D eigenvalue weighted by Crippen LogP contribution is 2.31. The third kappa shape index (κ3) is 2.89. The molecule has 0 bridgehead atoms. The van der Waals surface area contributed by atoms with Crippen LogP contribution in [0, 0.1) is 5.92 Å². The molecule has 2 aliphatic rings. The highest BCUT2D eigenvalue weighted by atomic mass is 16.2. The van der Waals surface area contributed by atoms with Crippen molar-refractivity contribution in [1.82, 2.24) is 14.8 Å². The lowest BCUT2D eigenvalue weighted by Gasteiger charge is -2.33. The molecule has 0 spiro atoms. The molecule has 3 heterocycles. The van der Waals surface area contributed by atoms with Gasteiger partial charge in [0.25, 0.3) is 0 Å². The van der Waals surface area contributed by atoms with Crippen molar-refractivity contribution in [2.45, 2.75) is 6.42 Å². The summed E-state index contributed by atoms with van der Waals surface area (Å²) >= 11 is 0. The fourth-order valence-corrected chi connectivity index (χ4v) is 3.72. The van der Waals surface area contributed by atoms with Gasteiger partial charge < -0.3 is 14.7 Å². The van der Waals surface area contributed by atoms with Gasteiger partial charge in [0.15, 0.2) is 0 Å². The van der Waals surface area contributed by atoms with Gasteiger partial charge in [-0.3, -0.25) is 19.4 Å². The van der Waals surface area contributed by atoms with E-state index >= 15 is 0 Å². The van der Waals surface area contributed by atoms with E-state index in [1.54, 1.807) is 20.9 Å². The summed E-state index contributed by atoms with van der Waals surface area (Å²) in [5.74, 6) is -0.392. The Bertz CT molecular complexity index is 855. The molecule has 0 radical (unpaired) electrons. The van der Waals surface area contributed by atoms with Crippen LogP contribution >= 0.6 is 0 Å². The molecule has 1 unspecified atom stereocenters. The number of carbonyl (C=O) groups is 3. The van der Waals surface area contributed by atoms with Crippen LogP contribution in [0.15, 0.2) is 36.5 Å². The van der Waals surface area contributed by atoms with Gasteiger partial charge >= 0.3 is 0 Å². The van der Waals surface area contributed by atoms with Crippen LogP contribution in [0.2, 0.25) is 0 Å². The van der Waals surface area contributed by atoms with Gasteiger partial charge in [-0.25, -0.2) is 0 Å². The number of para-hydroxylation sites is 1. The Hall–Kier alpha value is -2.96. The van der Waals surface area contributed by atoms with E-state index in [1.165, 1.54) is 0 Å². The summed E-state index contributed by atoms with van der Waals surface area (Å²) in [5.41, 5.74) is 1.53. The Morgan fingerprint density at radius 3 is 2.65 bits per heavy atom. The monoisotopic (exact) mass is 352 g/mol.